The highest BCUT2D eigenvalue weighted by molar-refractivity contribution is 6.30. The number of rotatable bonds is 13. The van der Waals surface area contributed by atoms with Crippen LogP contribution in [-0.2, 0) is 31.3 Å². The molecule has 0 aliphatic carbocycles. The van der Waals surface area contributed by atoms with Crippen LogP contribution in [0.2, 0.25) is 5.02 Å². The molecule has 0 bridgehead atoms. The number of hydrogen-bond donors (Lipinski definition) is 5. The number of aliphatic hydroxyl groups excluding tert-OH is 1. The molecule has 5 N–H and O–H groups in total. The third kappa shape index (κ3) is 9.84. The van der Waals surface area contributed by atoms with Gasteiger partial charge in [-0.15, -0.1) is 0 Å². The quantitative estimate of drug-likeness (QED) is 0.0883. The van der Waals surface area contributed by atoms with Gasteiger partial charge in [-0.2, -0.15) is 0 Å². The lowest BCUT2D eigenvalue weighted by Gasteiger charge is -2.42. The average molecular weight is 666 g/mol. The zero-order chi connectivity index (χ0) is 33.2. The average Bonchev–Trinajstić information content (AvgIpc) is 3.09. The minimum absolute atomic E-state index is 0.0309. The first-order chi connectivity index (χ1) is 22.7. The van der Waals surface area contributed by atoms with Crippen molar-refractivity contribution < 1.29 is 34.5 Å². The number of benzene rings is 3. The number of nitrogens with one attached hydrogen (secondary N) is 2. The van der Waals surface area contributed by atoms with E-state index in [-0.39, 0.29) is 31.1 Å². The maximum absolute atomic E-state index is 12.6. The molecule has 2 fully saturated rings. The lowest BCUT2D eigenvalue weighted by atomic mass is 9.84. The minimum Gasteiger partial charge on any atom is -0.392 e. The summed E-state index contributed by atoms with van der Waals surface area (Å²) in [6, 6.07) is 22.7. The van der Waals surface area contributed by atoms with Crippen molar-refractivity contribution >= 4 is 29.1 Å². The first kappa shape index (κ1) is 35.0. The van der Waals surface area contributed by atoms with Gasteiger partial charge in [0, 0.05) is 55.2 Å². The normalized spacial score (nSPS) is 21.2. The Balaban J connectivity index is 1.23. The van der Waals surface area contributed by atoms with Gasteiger partial charge in [0.25, 0.3) is 0 Å². The molecular formula is C36H44ClN3O7. The molecule has 2 amide bonds. The van der Waals surface area contributed by atoms with Gasteiger partial charge in [0.1, 0.15) is 0 Å². The topological polar surface area (TPSA) is 141 Å². The second-order valence-electron chi connectivity index (χ2n) is 12.5. The van der Waals surface area contributed by atoms with Crippen molar-refractivity contribution in [2.75, 3.05) is 25.0 Å². The molecule has 10 nitrogen and oxygen atoms in total. The highest BCUT2D eigenvalue weighted by Gasteiger charge is 2.37. The predicted molar refractivity (Wildman–Crippen MR) is 178 cm³/mol. The van der Waals surface area contributed by atoms with E-state index in [2.05, 4.69) is 10.2 Å². The first-order valence-corrected chi connectivity index (χ1v) is 16.7. The fraction of sp³-hybridized carbons (Fsp3) is 0.444. The molecule has 11 heteroatoms. The summed E-state index contributed by atoms with van der Waals surface area (Å²) in [5.41, 5.74) is 4.86. The summed E-state index contributed by atoms with van der Waals surface area (Å²) in [5.74, 6) is -0.551. The number of carbonyl (C=O) groups excluding carboxylic acids is 2. The van der Waals surface area contributed by atoms with E-state index < -0.39 is 17.8 Å². The van der Waals surface area contributed by atoms with Crippen molar-refractivity contribution in [1.82, 2.24) is 10.4 Å². The smallest absolute Gasteiger partial charge is 0.243 e. The number of halogens is 1. The summed E-state index contributed by atoms with van der Waals surface area (Å²) in [4.78, 5) is 26.1. The lowest BCUT2D eigenvalue weighted by molar-refractivity contribution is -0.253. The number of anilines is 1. The Labute approximate surface area is 280 Å². The Morgan fingerprint density at radius 3 is 2.28 bits per heavy atom. The van der Waals surface area contributed by atoms with Gasteiger partial charge in [0.2, 0.25) is 11.8 Å². The van der Waals surface area contributed by atoms with Crippen LogP contribution >= 0.6 is 11.6 Å². The standard InChI is InChI=1S/C36H44ClN3O7/c37-29-15-13-28(14-16-29)36(44)17-19-40(20-18-36)23-31-22-32(26-11-9-25(24-41)10-12-26)47-35(46-31)27-5-4-6-30(21-27)38-33(42)7-2-1-3-8-34(43)39-45/h4-6,9-16,21,31-32,35,41,44-45H,1-3,7-8,17-20,22-24H2,(H,38,42)(H,39,43)/t31-,32+,35+/m0/s1. The molecule has 252 valence electrons. The summed E-state index contributed by atoms with van der Waals surface area (Å²) in [6.45, 7) is 2.09. The number of likely N-dealkylation sites (tertiary alicyclic amines) is 1. The Morgan fingerprint density at radius 2 is 1.60 bits per heavy atom. The molecule has 2 aliphatic rings. The summed E-state index contributed by atoms with van der Waals surface area (Å²) in [7, 11) is 0. The molecule has 2 saturated heterocycles. The van der Waals surface area contributed by atoms with Gasteiger partial charge < -0.3 is 29.9 Å². The molecule has 3 atom stereocenters. The predicted octanol–water partition coefficient (Wildman–Crippen LogP) is 5.76. The van der Waals surface area contributed by atoms with Crippen LogP contribution in [0, 0.1) is 0 Å². The van der Waals surface area contributed by atoms with Crippen molar-refractivity contribution in [3.8, 4) is 0 Å². The van der Waals surface area contributed by atoms with E-state index in [1.54, 1.807) is 5.48 Å². The third-order valence-corrected chi connectivity index (χ3v) is 9.27. The van der Waals surface area contributed by atoms with E-state index in [1.165, 1.54) is 0 Å². The number of amides is 2. The largest absolute Gasteiger partial charge is 0.392 e. The molecule has 2 aliphatic heterocycles. The van der Waals surface area contributed by atoms with Gasteiger partial charge in [-0.05, 0) is 66.6 Å². The Kier molecular flexibility index (Phi) is 12.4. The third-order valence-electron chi connectivity index (χ3n) is 9.02. The van der Waals surface area contributed by atoms with E-state index in [0.29, 0.717) is 62.2 Å². The number of hydroxylamine groups is 1. The van der Waals surface area contributed by atoms with Crippen molar-refractivity contribution in [2.24, 2.45) is 0 Å². The van der Waals surface area contributed by atoms with Gasteiger partial charge in [-0.25, -0.2) is 5.48 Å². The Morgan fingerprint density at radius 1 is 0.894 bits per heavy atom. The van der Waals surface area contributed by atoms with Crippen LogP contribution in [0.25, 0.3) is 0 Å². The van der Waals surface area contributed by atoms with Gasteiger partial charge in [-0.3, -0.25) is 14.8 Å². The number of ether oxygens (including phenoxy) is 2. The number of carbonyl (C=O) groups is 2. The second kappa shape index (κ2) is 16.7. The summed E-state index contributed by atoms with van der Waals surface area (Å²) in [5, 5.41) is 33.1. The molecule has 0 radical (unpaired) electrons. The molecule has 47 heavy (non-hydrogen) atoms. The maximum Gasteiger partial charge on any atom is 0.243 e. The number of unbranched alkanes of at least 4 members (excludes halogenated alkanes) is 2. The zero-order valence-corrected chi connectivity index (χ0v) is 27.2. The van der Waals surface area contributed by atoms with E-state index in [4.69, 9.17) is 26.3 Å². The van der Waals surface area contributed by atoms with E-state index in [0.717, 1.165) is 35.3 Å². The van der Waals surface area contributed by atoms with Crippen molar-refractivity contribution in [1.29, 1.82) is 0 Å². The van der Waals surface area contributed by atoms with Crippen LogP contribution in [0.5, 0.6) is 0 Å². The molecule has 2 heterocycles. The maximum atomic E-state index is 12.6. The van der Waals surface area contributed by atoms with Gasteiger partial charge in [0.05, 0.1) is 24.4 Å². The van der Waals surface area contributed by atoms with Crippen molar-refractivity contribution in [2.45, 2.75) is 82.1 Å². The van der Waals surface area contributed by atoms with E-state index >= 15 is 0 Å². The van der Waals surface area contributed by atoms with Gasteiger partial charge >= 0.3 is 0 Å². The lowest BCUT2D eigenvalue weighted by Crippen LogP contribution is -2.46. The first-order valence-electron chi connectivity index (χ1n) is 16.3. The molecule has 0 saturated carbocycles. The van der Waals surface area contributed by atoms with Crippen LogP contribution in [0.1, 0.15) is 86.0 Å². The summed E-state index contributed by atoms with van der Waals surface area (Å²) < 4.78 is 13.1. The fourth-order valence-electron chi connectivity index (χ4n) is 6.27. The number of hydrogen-bond acceptors (Lipinski definition) is 8. The minimum atomic E-state index is -0.890. The Hall–Kier alpha value is -3.35. The number of piperidine rings is 1. The van der Waals surface area contributed by atoms with Crippen LogP contribution in [0.3, 0.4) is 0 Å². The van der Waals surface area contributed by atoms with Crippen molar-refractivity contribution in [3.63, 3.8) is 0 Å². The molecule has 0 unspecified atom stereocenters. The van der Waals surface area contributed by atoms with Crippen LogP contribution < -0.4 is 10.8 Å². The fourth-order valence-corrected chi connectivity index (χ4v) is 6.39. The van der Waals surface area contributed by atoms with E-state index in [9.17, 15) is 19.8 Å². The molecular weight excluding hydrogens is 622 g/mol. The summed E-state index contributed by atoms with van der Waals surface area (Å²) >= 11 is 6.07. The Bertz CT molecular complexity index is 1460. The number of nitrogens with zero attached hydrogens (tertiary/aromatic N) is 1. The second-order valence-corrected chi connectivity index (χ2v) is 12.9. The molecule has 3 aromatic rings. The molecule has 5 rings (SSSR count). The van der Waals surface area contributed by atoms with Crippen LogP contribution in [-0.4, -0.2) is 57.9 Å². The van der Waals surface area contributed by atoms with Gasteiger partial charge in [-0.1, -0.05) is 66.6 Å². The molecule has 3 aromatic carbocycles. The molecule has 0 aromatic heterocycles. The van der Waals surface area contributed by atoms with Gasteiger partial charge in [0.15, 0.2) is 6.29 Å². The monoisotopic (exact) mass is 665 g/mol. The summed E-state index contributed by atoms with van der Waals surface area (Å²) in [6.07, 6.45) is 3.26. The zero-order valence-electron chi connectivity index (χ0n) is 26.4. The molecule has 0 spiro atoms. The SMILES string of the molecule is O=C(CCCCCC(=O)Nc1cccc([C@@H]2O[C@H](CN3CCC(O)(c4ccc(Cl)cc4)CC3)C[C@H](c3ccc(CO)cc3)O2)c1)NO. The number of aliphatic hydroxyl groups is 2. The van der Waals surface area contributed by atoms with Crippen molar-refractivity contribution in [3.05, 3.63) is 100 Å². The highest BCUT2D eigenvalue weighted by atomic mass is 35.5. The van der Waals surface area contributed by atoms with E-state index in [1.807, 2.05) is 72.8 Å². The van der Waals surface area contributed by atoms with Crippen LogP contribution in [0.4, 0.5) is 5.69 Å². The van der Waals surface area contributed by atoms with Crippen LogP contribution in [0.15, 0.2) is 72.8 Å². The highest BCUT2D eigenvalue weighted by Crippen LogP contribution is 2.40.